The molecule has 1 aliphatic heterocycles. The van der Waals surface area contributed by atoms with E-state index in [1.54, 1.807) is 24.5 Å². The van der Waals surface area contributed by atoms with Gasteiger partial charge in [0.05, 0.1) is 29.8 Å². The van der Waals surface area contributed by atoms with Gasteiger partial charge in [0.15, 0.2) is 0 Å². The Balaban J connectivity index is 1.71. The summed E-state index contributed by atoms with van der Waals surface area (Å²) in [6.45, 7) is 0.645. The third kappa shape index (κ3) is 3.03. The Kier molecular flexibility index (Phi) is 4.56. The van der Waals surface area contributed by atoms with Crippen molar-refractivity contribution in [3.8, 4) is 11.3 Å². The summed E-state index contributed by atoms with van der Waals surface area (Å²) in [5.41, 5.74) is 1.14. The number of carbonyl (C=O) groups is 1. The Hall–Kier alpha value is -2.89. The molecule has 0 radical (unpaired) electrons. The zero-order valence-electron chi connectivity index (χ0n) is 14.3. The van der Waals surface area contributed by atoms with E-state index < -0.39 is 0 Å². The van der Waals surface area contributed by atoms with E-state index in [9.17, 15) is 9.18 Å². The molecule has 1 N–H and O–H groups in total. The lowest BCUT2D eigenvalue weighted by Gasteiger charge is -2.28. The predicted octanol–water partition coefficient (Wildman–Crippen LogP) is 4.57. The maximum Gasteiger partial charge on any atom is 0.258 e. The predicted molar refractivity (Wildman–Crippen MR) is 94.9 cm³/mol. The number of carbonyl (C=O) groups excluding carboxylic acids is 1. The van der Waals surface area contributed by atoms with Crippen LogP contribution in [0, 0.1) is 5.82 Å². The number of furan rings is 1. The second-order valence-corrected chi connectivity index (χ2v) is 6.52. The van der Waals surface area contributed by atoms with Gasteiger partial charge < -0.3 is 9.32 Å². The van der Waals surface area contributed by atoms with Crippen LogP contribution in [0.15, 0.2) is 53.3 Å². The van der Waals surface area contributed by atoms with E-state index in [4.69, 9.17) is 4.42 Å². The van der Waals surface area contributed by atoms with Crippen molar-refractivity contribution in [2.75, 3.05) is 6.54 Å². The zero-order chi connectivity index (χ0) is 17.9. The molecule has 2 aromatic heterocycles. The van der Waals surface area contributed by atoms with Crippen molar-refractivity contribution in [1.82, 2.24) is 15.1 Å². The van der Waals surface area contributed by atoms with Crippen LogP contribution in [0.3, 0.4) is 0 Å². The first-order valence-electron chi connectivity index (χ1n) is 8.88. The van der Waals surface area contributed by atoms with Crippen LogP contribution in [0.25, 0.3) is 11.3 Å². The van der Waals surface area contributed by atoms with E-state index in [-0.39, 0.29) is 17.8 Å². The molecule has 0 saturated carbocycles. The van der Waals surface area contributed by atoms with Gasteiger partial charge in [-0.15, -0.1) is 0 Å². The number of benzene rings is 1. The maximum atomic E-state index is 14.2. The van der Waals surface area contributed by atoms with Gasteiger partial charge in [-0.2, -0.15) is 5.10 Å². The summed E-state index contributed by atoms with van der Waals surface area (Å²) in [6.07, 6.45) is 7.02. The molecule has 1 amide bonds. The number of hydrogen-bond acceptors (Lipinski definition) is 3. The number of H-pyrrole nitrogens is 1. The molecule has 0 unspecified atom stereocenters. The molecule has 0 bridgehead atoms. The van der Waals surface area contributed by atoms with Crippen molar-refractivity contribution in [3.05, 3.63) is 66.0 Å². The fourth-order valence-electron chi connectivity index (χ4n) is 3.60. The van der Waals surface area contributed by atoms with E-state index in [2.05, 4.69) is 10.2 Å². The molecule has 1 saturated heterocycles. The number of nitrogens with one attached hydrogen (secondary N) is 1. The topological polar surface area (TPSA) is 62.1 Å². The van der Waals surface area contributed by atoms with E-state index in [0.717, 1.165) is 31.4 Å². The maximum absolute atomic E-state index is 14.2. The Labute approximate surface area is 150 Å². The smallest absolute Gasteiger partial charge is 0.258 e. The summed E-state index contributed by atoms with van der Waals surface area (Å²) < 4.78 is 19.8. The van der Waals surface area contributed by atoms with Crippen molar-refractivity contribution in [2.24, 2.45) is 0 Å². The van der Waals surface area contributed by atoms with E-state index >= 15 is 0 Å². The van der Waals surface area contributed by atoms with Crippen LogP contribution < -0.4 is 0 Å². The first-order chi connectivity index (χ1) is 12.8. The largest absolute Gasteiger partial charge is 0.467 e. The SMILES string of the molecule is O=C(c1cn[nH]c1-c1ccccc1F)N1CCCCC[C@@H]1c1ccco1. The number of nitrogens with zero attached hydrogens (tertiary/aromatic N) is 2. The highest BCUT2D eigenvalue weighted by Crippen LogP contribution is 2.33. The van der Waals surface area contributed by atoms with E-state index in [1.807, 2.05) is 17.0 Å². The van der Waals surface area contributed by atoms with Crippen molar-refractivity contribution in [2.45, 2.75) is 31.7 Å². The van der Waals surface area contributed by atoms with E-state index in [1.165, 1.54) is 12.3 Å². The summed E-state index contributed by atoms with van der Waals surface area (Å²) in [7, 11) is 0. The van der Waals surface area contributed by atoms with Crippen molar-refractivity contribution >= 4 is 5.91 Å². The van der Waals surface area contributed by atoms with Gasteiger partial charge in [-0.05, 0) is 37.1 Å². The van der Waals surface area contributed by atoms with Gasteiger partial charge in [-0.1, -0.05) is 25.0 Å². The number of hydrogen-bond donors (Lipinski definition) is 1. The molecule has 3 aromatic rings. The molecule has 4 rings (SSSR count). The van der Waals surface area contributed by atoms with Gasteiger partial charge in [0.25, 0.3) is 5.91 Å². The lowest BCUT2D eigenvalue weighted by Crippen LogP contribution is -2.34. The number of likely N-dealkylation sites (tertiary alicyclic amines) is 1. The van der Waals surface area contributed by atoms with Crippen LogP contribution in [0.2, 0.25) is 0 Å². The second-order valence-electron chi connectivity index (χ2n) is 6.52. The summed E-state index contributed by atoms with van der Waals surface area (Å²) in [4.78, 5) is 15.2. The molecule has 134 valence electrons. The number of amides is 1. The standard InChI is InChI=1S/C20H20FN3O2/c21-16-8-4-3-7-14(16)19-15(13-22-23-19)20(25)24-11-5-1-2-9-17(24)18-10-6-12-26-18/h3-4,6-8,10,12-13,17H,1-2,5,9,11H2,(H,22,23)/t17-/m1/s1. The first-order valence-corrected chi connectivity index (χ1v) is 8.88. The van der Waals surface area contributed by atoms with Crippen LogP contribution in [-0.4, -0.2) is 27.5 Å². The van der Waals surface area contributed by atoms with Gasteiger partial charge in [0.2, 0.25) is 0 Å². The first kappa shape index (κ1) is 16.6. The average Bonchev–Trinajstić information content (AvgIpc) is 3.29. The van der Waals surface area contributed by atoms with Crippen molar-refractivity contribution < 1.29 is 13.6 Å². The molecule has 1 fully saturated rings. The molecule has 3 heterocycles. The molecular formula is C20H20FN3O2. The Bertz CT molecular complexity index is 888. The average molecular weight is 353 g/mol. The molecule has 1 aromatic carbocycles. The van der Waals surface area contributed by atoms with Gasteiger partial charge >= 0.3 is 0 Å². The molecule has 26 heavy (non-hydrogen) atoms. The highest BCUT2D eigenvalue weighted by molar-refractivity contribution is 6.00. The van der Waals surface area contributed by atoms with Crippen LogP contribution in [0.5, 0.6) is 0 Å². The van der Waals surface area contributed by atoms with Crippen LogP contribution in [-0.2, 0) is 0 Å². The summed E-state index contributed by atoms with van der Waals surface area (Å²) in [6, 6.07) is 10.0. The summed E-state index contributed by atoms with van der Waals surface area (Å²) in [5, 5.41) is 6.79. The minimum absolute atomic E-state index is 0.108. The minimum atomic E-state index is -0.385. The zero-order valence-corrected chi connectivity index (χ0v) is 14.3. The third-order valence-corrected chi connectivity index (χ3v) is 4.90. The molecular weight excluding hydrogens is 333 g/mol. The fraction of sp³-hybridized carbons (Fsp3) is 0.300. The second kappa shape index (κ2) is 7.15. The molecule has 1 aliphatic rings. The van der Waals surface area contributed by atoms with Gasteiger partial charge in [-0.3, -0.25) is 9.89 Å². The Morgan fingerprint density at radius 1 is 1.19 bits per heavy atom. The fourth-order valence-corrected chi connectivity index (χ4v) is 3.60. The summed E-state index contributed by atoms with van der Waals surface area (Å²) in [5.74, 6) is 0.251. The molecule has 1 atom stereocenters. The number of rotatable bonds is 3. The molecule has 6 heteroatoms. The van der Waals surface area contributed by atoms with E-state index in [0.29, 0.717) is 23.4 Å². The lowest BCUT2D eigenvalue weighted by atomic mass is 10.0. The number of halogens is 1. The lowest BCUT2D eigenvalue weighted by molar-refractivity contribution is 0.0659. The molecule has 0 spiro atoms. The Morgan fingerprint density at radius 3 is 2.88 bits per heavy atom. The summed E-state index contributed by atoms with van der Waals surface area (Å²) >= 11 is 0. The third-order valence-electron chi connectivity index (χ3n) is 4.90. The van der Waals surface area contributed by atoms with Gasteiger partial charge in [0, 0.05) is 12.1 Å². The minimum Gasteiger partial charge on any atom is -0.467 e. The van der Waals surface area contributed by atoms with Crippen LogP contribution >= 0.6 is 0 Å². The van der Waals surface area contributed by atoms with Crippen LogP contribution in [0.1, 0.15) is 47.8 Å². The van der Waals surface area contributed by atoms with Crippen molar-refractivity contribution in [1.29, 1.82) is 0 Å². The Morgan fingerprint density at radius 2 is 2.08 bits per heavy atom. The number of aromatic nitrogens is 2. The number of aromatic amines is 1. The normalized spacial score (nSPS) is 17.9. The highest BCUT2D eigenvalue weighted by atomic mass is 19.1. The van der Waals surface area contributed by atoms with Crippen LogP contribution in [0.4, 0.5) is 4.39 Å². The molecule has 5 nitrogen and oxygen atoms in total. The highest BCUT2D eigenvalue weighted by Gasteiger charge is 2.31. The molecule has 0 aliphatic carbocycles. The van der Waals surface area contributed by atoms with Gasteiger partial charge in [-0.25, -0.2) is 4.39 Å². The monoisotopic (exact) mass is 353 g/mol. The van der Waals surface area contributed by atoms with Crippen molar-refractivity contribution in [3.63, 3.8) is 0 Å². The van der Waals surface area contributed by atoms with Gasteiger partial charge in [0.1, 0.15) is 11.6 Å². The quantitative estimate of drug-likeness (QED) is 0.750.